The SMILES string of the molecule is CN=C/C=C(\N)Sc1ccc2c(=O)n(Cc3cccc(OC(F)F)c3)ncc2c1. The van der Waals surface area contributed by atoms with Crippen LogP contribution in [0.15, 0.2) is 74.4 Å². The number of nitrogens with zero attached hydrogens (tertiary/aromatic N) is 3. The second kappa shape index (κ2) is 9.33. The average Bonchev–Trinajstić information content (AvgIpc) is 2.68. The number of fused-ring (bicyclic) bond motifs is 1. The molecule has 3 rings (SSSR count). The maximum atomic E-state index is 12.8. The molecule has 1 heterocycles. The number of rotatable bonds is 7. The number of benzene rings is 2. The van der Waals surface area contributed by atoms with Crippen molar-refractivity contribution in [3.8, 4) is 5.75 Å². The number of alkyl halides is 2. The third-order valence-corrected chi connectivity index (χ3v) is 4.77. The minimum Gasteiger partial charge on any atom is -0.435 e. The molecule has 0 unspecified atom stereocenters. The van der Waals surface area contributed by atoms with Crippen LogP contribution in [-0.4, -0.2) is 29.7 Å². The molecule has 0 bridgehead atoms. The van der Waals surface area contributed by atoms with E-state index >= 15 is 0 Å². The van der Waals surface area contributed by atoms with Gasteiger partial charge in [-0.05, 0) is 42.0 Å². The van der Waals surface area contributed by atoms with Crippen LogP contribution in [-0.2, 0) is 6.54 Å². The summed E-state index contributed by atoms with van der Waals surface area (Å²) >= 11 is 1.35. The molecule has 0 saturated heterocycles. The van der Waals surface area contributed by atoms with Gasteiger partial charge in [-0.15, -0.1) is 0 Å². The van der Waals surface area contributed by atoms with Gasteiger partial charge in [-0.1, -0.05) is 23.9 Å². The molecule has 9 heteroatoms. The number of aliphatic imine (C=N–C) groups is 1. The summed E-state index contributed by atoms with van der Waals surface area (Å²) in [6, 6.07) is 11.5. The highest BCUT2D eigenvalue weighted by Crippen LogP contribution is 2.25. The molecule has 0 aliphatic carbocycles. The van der Waals surface area contributed by atoms with E-state index in [9.17, 15) is 13.6 Å². The third-order valence-electron chi connectivity index (χ3n) is 3.90. The van der Waals surface area contributed by atoms with Gasteiger partial charge in [0.2, 0.25) is 0 Å². The Hall–Kier alpha value is -3.20. The normalized spacial score (nSPS) is 12.2. The predicted octanol–water partition coefficient (Wildman–Crippen LogP) is 3.64. The molecule has 0 fully saturated rings. The Morgan fingerprint density at radius 3 is 2.93 bits per heavy atom. The summed E-state index contributed by atoms with van der Waals surface area (Å²) in [6.07, 6.45) is 4.88. The van der Waals surface area contributed by atoms with Crippen LogP contribution in [0.25, 0.3) is 10.8 Å². The Balaban J connectivity index is 1.85. The lowest BCUT2D eigenvalue weighted by Crippen LogP contribution is -2.23. The highest BCUT2D eigenvalue weighted by atomic mass is 32.2. The van der Waals surface area contributed by atoms with E-state index in [0.717, 1.165) is 4.90 Å². The van der Waals surface area contributed by atoms with E-state index in [1.807, 2.05) is 6.07 Å². The monoisotopic (exact) mass is 416 g/mol. The first-order valence-corrected chi connectivity index (χ1v) is 9.37. The zero-order valence-electron chi connectivity index (χ0n) is 15.5. The molecule has 0 atom stereocenters. The van der Waals surface area contributed by atoms with Gasteiger partial charge >= 0.3 is 6.61 Å². The second-order valence-electron chi connectivity index (χ2n) is 5.96. The van der Waals surface area contributed by atoms with E-state index in [2.05, 4.69) is 14.8 Å². The van der Waals surface area contributed by atoms with Gasteiger partial charge in [0, 0.05) is 23.5 Å². The number of halogens is 2. The third kappa shape index (κ3) is 5.41. The molecule has 3 aromatic rings. The number of aromatic nitrogens is 2. The Morgan fingerprint density at radius 1 is 1.34 bits per heavy atom. The standard InChI is InChI=1S/C20H18F2N4O2S/c1-24-8-7-18(23)29-16-5-6-17-14(10-16)11-25-26(19(17)27)12-13-3-2-4-15(9-13)28-20(21)22/h2-11,20H,12,23H2,1H3/b18-7+,24-8?. The van der Waals surface area contributed by atoms with Crippen molar-refractivity contribution in [1.82, 2.24) is 9.78 Å². The molecule has 2 N–H and O–H groups in total. The summed E-state index contributed by atoms with van der Waals surface area (Å²) in [5.74, 6) is 0.0340. The van der Waals surface area contributed by atoms with Gasteiger partial charge in [-0.2, -0.15) is 13.9 Å². The molecule has 1 aromatic heterocycles. The predicted molar refractivity (Wildman–Crippen MR) is 111 cm³/mol. The topological polar surface area (TPSA) is 82.5 Å². The van der Waals surface area contributed by atoms with Gasteiger partial charge < -0.3 is 10.5 Å². The smallest absolute Gasteiger partial charge is 0.387 e. The van der Waals surface area contributed by atoms with Crippen LogP contribution in [0.1, 0.15) is 5.56 Å². The van der Waals surface area contributed by atoms with Crippen LogP contribution in [0, 0.1) is 0 Å². The number of hydrogen-bond acceptors (Lipinski definition) is 6. The lowest BCUT2D eigenvalue weighted by atomic mass is 10.2. The summed E-state index contributed by atoms with van der Waals surface area (Å²) in [4.78, 5) is 17.5. The van der Waals surface area contributed by atoms with Crippen LogP contribution in [0.3, 0.4) is 0 Å². The summed E-state index contributed by atoms with van der Waals surface area (Å²) in [5.41, 5.74) is 6.26. The van der Waals surface area contributed by atoms with Crippen LogP contribution in [0.2, 0.25) is 0 Å². The fourth-order valence-electron chi connectivity index (χ4n) is 2.65. The van der Waals surface area contributed by atoms with Crippen molar-refractivity contribution >= 4 is 28.7 Å². The summed E-state index contributed by atoms with van der Waals surface area (Å²) in [5, 5.41) is 5.96. The highest BCUT2D eigenvalue weighted by molar-refractivity contribution is 8.03. The molecule has 0 aliphatic heterocycles. The first-order chi connectivity index (χ1) is 14.0. The van der Waals surface area contributed by atoms with Crippen molar-refractivity contribution in [2.45, 2.75) is 18.1 Å². The molecule has 2 aromatic carbocycles. The first-order valence-electron chi connectivity index (χ1n) is 8.55. The Bertz CT molecular complexity index is 1130. The molecule has 0 aliphatic rings. The Labute approximate surface area is 169 Å². The number of nitrogens with two attached hydrogens (primary N) is 1. The quantitative estimate of drug-likeness (QED) is 0.470. The van der Waals surface area contributed by atoms with Gasteiger partial charge in [0.15, 0.2) is 0 Å². The number of hydrogen-bond donors (Lipinski definition) is 1. The summed E-state index contributed by atoms with van der Waals surface area (Å²) < 4.78 is 30.4. The van der Waals surface area contributed by atoms with Crippen molar-refractivity contribution in [2.75, 3.05) is 7.05 Å². The van der Waals surface area contributed by atoms with Crippen molar-refractivity contribution in [3.63, 3.8) is 0 Å². The molecule has 0 amide bonds. The van der Waals surface area contributed by atoms with Crippen LogP contribution in [0.5, 0.6) is 5.75 Å². The minimum atomic E-state index is -2.91. The van der Waals surface area contributed by atoms with Gasteiger partial charge in [-0.25, -0.2) is 4.68 Å². The molecule has 0 saturated carbocycles. The van der Waals surface area contributed by atoms with E-state index < -0.39 is 6.61 Å². The van der Waals surface area contributed by atoms with Crippen LogP contribution < -0.4 is 16.0 Å². The molecule has 150 valence electrons. The van der Waals surface area contributed by atoms with E-state index in [4.69, 9.17) is 5.73 Å². The zero-order valence-corrected chi connectivity index (χ0v) is 16.3. The largest absolute Gasteiger partial charge is 0.435 e. The highest BCUT2D eigenvalue weighted by Gasteiger charge is 2.09. The van der Waals surface area contributed by atoms with Crippen molar-refractivity contribution in [3.05, 3.63) is 75.7 Å². The molecular weight excluding hydrogens is 398 g/mol. The lowest BCUT2D eigenvalue weighted by molar-refractivity contribution is -0.0498. The molecular formula is C20H18F2N4O2S. The number of allylic oxidation sites excluding steroid dienone is 1. The molecule has 0 spiro atoms. The van der Waals surface area contributed by atoms with Crippen LogP contribution in [0.4, 0.5) is 8.78 Å². The lowest BCUT2D eigenvalue weighted by Gasteiger charge is -2.09. The Kier molecular flexibility index (Phi) is 6.61. The maximum absolute atomic E-state index is 12.8. The van der Waals surface area contributed by atoms with Crippen molar-refractivity contribution in [1.29, 1.82) is 0 Å². The van der Waals surface area contributed by atoms with Gasteiger partial charge in [-0.3, -0.25) is 9.79 Å². The number of thioether (sulfide) groups is 1. The van der Waals surface area contributed by atoms with Gasteiger partial charge in [0.05, 0.1) is 23.2 Å². The number of ether oxygens (including phenoxy) is 1. The van der Waals surface area contributed by atoms with Crippen molar-refractivity contribution in [2.24, 2.45) is 10.7 Å². The van der Waals surface area contributed by atoms with Crippen LogP contribution >= 0.6 is 11.8 Å². The Morgan fingerprint density at radius 2 is 2.17 bits per heavy atom. The van der Waals surface area contributed by atoms with Crippen molar-refractivity contribution < 1.29 is 13.5 Å². The fraction of sp³-hybridized carbons (Fsp3) is 0.150. The first kappa shape index (κ1) is 20.5. The summed E-state index contributed by atoms with van der Waals surface area (Å²) in [7, 11) is 1.66. The molecule has 6 nitrogen and oxygen atoms in total. The molecule has 0 radical (unpaired) electrons. The average molecular weight is 416 g/mol. The van der Waals surface area contributed by atoms with Gasteiger partial charge in [0.25, 0.3) is 5.56 Å². The second-order valence-corrected chi connectivity index (χ2v) is 7.11. The summed E-state index contributed by atoms with van der Waals surface area (Å²) in [6.45, 7) is -2.77. The molecule has 29 heavy (non-hydrogen) atoms. The van der Waals surface area contributed by atoms with E-state index in [1.165, 1.54) is 28.6 Å². The fourth-order valence-corrected chi connectivity index (χ4v) is 3.38. The van der Waals surface area contributed by atoms with Gasteiger partial charge in [0.1, 0.15) is 5.75 Å². The minimum absolute atomic E-state index is 0.0340. The van der Waals surface area contributed by atoms with E-state index in [1.54, 1.807) is 49.8 Å². The van der Waals surface area contributed by atoms with E-state index in [0.29, 0.717) is 21.4 Å². The zero-order chi connectivity index (χ0) is 20.8. The van der Waals surface area contributed by atoms with E-state index in [-0.39, 0.29) is 17.9 Å². The maximum Gasteiger partial charge on any atom is 0.387 e.